The zero-order valence-corrected chi connectivity index (χ0v) is 77.7. The van der Waals surface area contributed by atoms with Crippen LogP contribution in [-0.2, 0) is 99.1 Å². The van der Waals surface area contributed by atoms with Gasteiger partial charge in [0.1, 0.15) is 84.6 Å². The largest absolute Gasteiger partial charge is 0.481 e. The Morgan fingerprint density at radius 1 is 0.386 bits per heavy atom. The van der Waals surface area contributed by atoms with E-state index >= 15 is 19.2 Å². The van der Waals surface area contributed by atoms with Gasteiger partial charge in [0.15, 0.2) is 11.9 Å². The second-order valence-corrected chi connectivity index (χ2v) is 34.5. The highest BCUT2D eigenvalue weighted by Gasteiger charge is 2.41. The van der Waals surface area contributed by atoms with Crippen molar-refractivity contribution in [3.05, 3.63) is 36.4 Å². The first kappa shape index (κ1) is 116. The number of nitrogens with zero attached hydrogens (tertiary/aromatic N) is 2. The van der Waals surface area contributed by atoms with Gasteiger partial charge in [-0.25, -0.2) is 14.8 Å². The van der Waals surface area contributed by atoms with Crippen LogP contribution in [0.1, 0.15) is 203 Å². The molecule has 17 atom stereocenters. The van der Waals surface area contributed by atoms with Gasteiger partial charge in [-0.2, -0.15) is 12.6 Å². The van der Waals surface area contributed by atoms with Crippen LogP contribution < -0.4 is 114 Å². The predicted octanol–water partition coefficient (Wildman–Crippen LogP) is -5.69. The molecular weight excluding hydrogens is 1750 g/mol. The topological polar surface area (TPSA) is 816 Å². The number of aromatic amines is 2. The summed E-state index contributed by atoms with van der Waals surface area (Å²) < 4.78 is 0. The van der Waals surface area contributed by atoms with Crippen molar-refractivity contribution < 1.29 is 107 Å². The summed E-state index contributed by atoms with van der Waals surface area (Å²) in [5.74, 6) is -22.1. The quantitative estimate of drug-likeness (QED) is 0.0127. The maximum atomic E-state index is 15.0. The smallest absolute Gasteiger partial charge is 0.326 e. The molecule has 0 saturated heterocycles. The fraction of sp³-hybridized carbons (Fsp3) is 0.683. The lowest BCUT2D eigenvalue weighted by Crippen LogP contribution is -2.62. The molecule has 15 amide bonds. The molecule has 49 nitrogen and oxygen atoms in total. The molecule has 0 fully saturated rings. The third-order valence-corrected chi connectivity index (χ3v) is 21.0. The van der Waals surface area contributed by atoms with Crippen LogP contribution in [0.5, 0.6) is 0 Å². The van der Waals surface area contributed by atoms with Crippen molar-refractivity contribution in [1.29, 1.82) is 10.8 Å². The van der Waals surface area contributed by atoms with E-state index in [-0.39, 0.29) is 144 Å². The minimum Gasteiger partial charge on any atom is -0.481 e. The van der Waals surface area contributed by atoms with Crippen molar-refractivity contribution in [2.24, 2.45) is 58.3 Å². The van der Waals surface area contributed by atoms with E-state index in [1.54, 1.807) is 69.2 Å². The van der Waals surface area contributed by atoms with Gasteiger partial charge < -0.3 is 144 Å². The number of imidazole rings is 2. The number of guanidine groups is 2. The molecule has 2 rings (SSSR count). The zero-order chi connectivity index (χ0) is 99.8. The number of aliphatic hydroxyl groups excluding tert-OH is 1. The average molecular weight is 1890 g/mol. The number of aromatic nitrogens is 4. The molecular formula is C82H141N27O22S. The third kappa shape index (κ3) is 45.5. The molecule has 50 heteroatoms. The number of unbranched alkanes of at least 4 members (excludes halogenated alkanes) is 1. The highest BCUT2D eigenvalue weighted by atomic mass is 32.1. The molecule has 2 aromatic heterocycles. The van der Waals surface area contributed by atoms with Gasteiger partial charge in [-0.3, -0.25) is 92.3 Å². The normalized spacial score (nSPS) is 15.1. The highest BCUT2D eigenvalue weighted by Crippen LogP contribution is 2.18. The van der Waals surface area contributed by atoms with Crippen molar-refractivity contribution in [3.8, 4) is 0 Å². The van der Waals surface area contributed by atoms with Gasteiger partial charge in [0, 0.05) is 63.3 Å². The highest BCUT2D eigenvalue weighted by molar-refractivity contribution is 7.80. The molecule has 0 aliphatic rings. The first-order valence-corrected chi connectivity index (χ1v) is 44.7. The van der Waals surface area contributed by atoms with Crippen molar-refractivity contribution in [1.82, 2.24) is 105 Å². The minimum absolute atomic E-state index is 0.0138. The number of hydrogen-bond donors (Lipinski definition) is 30. The van der Waals surface area contributed by atoms with E-state index in [0.29, 0.717) is 6.42 Å². The molecule has 0 spiro atoms. The van der Waals surface area contributed by atoms with Gasteiger partial charge in [0.25, 0.3) is 0 Å². The number of carbonyl (C=O) groups excluding carboxylic acids is 15. The minimum atomic E-state index is -1.83. The number of amides is 15. The summed E-state index contributed by atoms with van der Waals surface area (Å²) in [6.45, 7) is 18.3. The van der Waals surface area contributed by atoms with Gasteiger partial charge in [-0.1, -0.05) is 75.7 Å². The Balaban J connectivity index is 2.71. The molecule has 0 bridgehead atoms. The van der Waals surface area contributed by atoms with E-state index in [0.717, 1.165) is 6.92 Å². The van der Waals surface area contributed by atoms with E-state index in [2.05, 4.69) is 118 Å². The van der Waals surface area contributed by atoms with Crippen LogP contribution in [0.2, 0.25) is 0 Å². The fourth-order valence-corrected chi connectivity index (χ4v) is 13.5. The van der Waals surface area contributed by atoms with Gasteiger partial charge in [0.2, 0.25) is 88.6 Å². The molecule has 0 aromatic carbocycles. The molecule has 132 heavy (non-hydrogen) atoms. The molecule has 0 aliphatic carbocycles. The van der Waals surface area contributed by atoms with Gasteiger partial charge in [0.05, 0.1) is 36.2 Å². The van der Waals surface area contributed by atoms with Crippen LogP contribution in [0.25, 0.3) is 0 Å². The van der Waals surface area contributed by atoms with Crippen molar-refractivity contribution in [2.45, 2.75) is 301 Å². The van der Waals surface area contributed by atoms with Crippen molar-refractivity contribution >= 4 is 131 Å². The Kier molecular flexibility index (Phi) is 53.1. The number of thiol groups is 1. The molecule has 742 valence electrons. The number of H-pyrrole nitrogens is 2. The van der Waals surface area contributed by atoms with Crippen molar-refractivity contribution in [2.75, 3.05) is 25.4 Å². The molecule has 2 aromatic rings. The molecule has 2 heterocycles. The predicted molar refractivity (Wildman–Crippen MR) is 483 cm³/mol. The number of nitrogens with one attached hydrogen (secondary N) is 20. The molecule has 34 N–H and O–H groups in total. The molecule has 0 radical (unpaired) electrons. The number of aliphatic carboxylic acids is 3. The Morgan fingerprint density at radius 3 is 1.00 bits per heavy atom. The number of aliphatic hydroxyl groups is 1. The monoisotopic (exact) mass is 1890 g/mol. The van der Waals surface area contributed by atoms with Gasteiger partial charge in [-0.05, 0) is 133 Å². The van der Waals surface area contributed by atoms with E-state index in [1.165, 1.54) is 25.0 Å². The fourth-order valence-electron chi connectivity index (χ4n) is 13.4. The first-order valence-electron chi connectivity index (χ1n) is 44.1. The Morgan fingerprint density at radius 2 is 0.674 bits per heavy atom. The van der Waals surface area contributed by atoms with Gasteiger partial charge >= 0.3 is 17.9 Å². The Bertz CT molecular complexity index is 4120. The maximum Gasteiger partial charge on any atom is 0.326 e. The summed E-state index contributed by atoms with van der Waals surface area (Å²) in [6.07, 6.45) is -0.687. The van der Waals surface area contributed by atoms with E-state index in [1.807, 2.05) is 0 Å². The number of rotatable bonds is 66. The number of carboxylic acids is 3. The molecule has 0 aliphatic heterocycles. The van der Waals surface area contributed by atoms with E-state index in [9.17, 15) is 87.5 Å². The lowest BCUT2D eigenvalue weighted by Gasteiger charge is -2.30. The number of carboxylic acid groups (broad SMARTS) is 3. The first-order chi connectivity index (χ1) is 62.0. The third-order valence-electron chi connectivity index (χ3n) is 20.6. The van der Waals surface area contributed by atoms with Crippen LogP contribution in [-0.4, -0.2) is 281 Å². The maximum absolute atomic E-state index is 15.0. The standard InChI is InChI=1S/C82H141N27O22S/c1-12-44(10)64(108-71(121)49(17-13-14-26-83)97-75(125)59(33-46-35-90-38-94-46)105-68(118)50(18-15-27-92-81(86)87)96-69(119)53(21-24-62(112)113)100-79(129)65(45(11)110)109-77(127)58(32-43(8)9)102-66(116)48(84)37-132)78(128)107-57(31-42(6)7)74(124)106-60(34-47-36-91-39-95-47)76(126)98-51(19-16-28-93-82(88)89)67(117)103-56(30-41(4)5)73(123)104-55(29-40(2)3)72(122)99-52(20-23-61(85)111)70(120)101-54(80(130)131)22-25-63(114)115/h35-36,38-45,48-60,64-65,110,132H,12-34,37,83-84H2,1-11H3,(H2,85,111)(H,90,94)(H,91,95)(H,96,119)(H,97,125)(H,98,126)(H,99,122)(H,100,129)(H,101,120)(H,102,116)(H,103,117)(H,104,123)(H,105,118)(H,106,124)(H,107,128)(H,108,121)(H,109,127)(H,112,113)(H,114,115)(H,130,131)(H4,86,87,92)(H4,88,89,93)/t44-,45+,48-,49-,50-,51-,52-,53-,54-,55-,56-,57-,58-,59-,60-,64-,65-/m0/s1. The van der Waals surface area contributed by atoms with Crippen LogP contribution in [0.3, 0.4) is 0 Å². The number of nitrogens with two attached hydrogens (primary N) is 5. The van der Waals surface area contributed by atoms with Crippen molar-refractivity contribution in [3.63, 3.8) is 0 Å². The van der Waals surface area contributed by atoms with Crippen LogP contribution in [0.15, 0.2) is 25.0 Å². The summed E-state index contributed by atoms with van der Waals surface area (Å²) in [5.41, 5.74) is 28.7. The summed E-state index contributed by atoms with van der Waals surface area (Å²) in [7, 11) is 0. The number of primary amides is 1. The summed E-state index contributed by atoms with van der Waals surface area (Å²) in [4.78, 5) is 264. The lowest BCUT2D eigenvalue weighted by molar-refractivity contribution is -0.144. The van der Waals surface area contributed by atoms with Crippen LogP contribution in [0, 0.1) is 40.4 Å². The SMILES string of the molecule is CC[C@H](C)[C@H](NC(=O)[C@H](CCCCN)NC(=O)[C@H](Cc1c[nH]cn1)NC(=O)[C@H](CCCNC(=N)N)NC(=O)[C@H](CCC(=O)O)NC(=O)[C@@H](NC(=O)[C@H](CC(C)C)NC(=O)[C@@H](N)CS)[C@@H](C)O)C(=O)N[C@@H](CC(C)C)C(=O)N[C@@H](Cc1c[nH]cn1)C(=O)N[C@@H](CCCNC(=N)N)C(=O)N[C@@H](CC(C)C)C(=O)N[C@@H](CC(C)C)C(=O)N[C@@H](CCC(N)=O)C(=O)N[C@@H](CCC(=O)O)C(=O)O. The molecule has 0 saturated carbocycles. The lowest BCUT2D eigenvalue weighted by atomic mass is 9.96. The Labute approximate surface area is 771 Å². The summed E-state index contributed by atoms with van der Waals surface area (Å²) in [5, 5.41) is 96.1. The Hall–Kier alpha value is -12.3. The van der Waals surface area contributed by atoms with Crippen LogP contribution >= 0.6 is 12.6 Å². The van der Waals surface area contributed by atoms with Gasteiger partial charge in [-0.15, -0.1) is 0 Å². The van der Waals surface area contributed by atoms with E-state index in [4.69, 9.17) is 39.5 Å². The average Bonchev–Trinajstić information content (AvgIpc) is 0.920. The summed E-state index contributed by atoms with van der Waals surface area (Å²) in [6, 6.07) is -23.3. The zero-order valence-electron chi connectivity index (χ0n) is 76.8. The summed E-state index contributed by atoms with van der Waals surface area (Å²) >= 11 is 4.04. The number of hydrogen-bond acceptors (Lipinski definition) is 26. The number of carbonyl (C=O) groups is 18. The second-order valence-electron chi connectivity index (χ2n) is 34.1. The molecule has 0 unspecified atom stereocenters. The van der Waals surface area contributed by atoms with E-state index < -0.39 is 260 Å². The van der Waals surface area contributed by atoms with Crippen LogP contribution in [0.4, 0.5) is 0 Å². The second kappa shape index (κ2) is 60.6.